The third-order valence-corrected chi connectivity index (χ3v) is 0.980. The standard InChI is InChI=1S/C5H6N2O2/c1-4-2-5(9)7(3-8)6-4/h2-3,6H,1H3. The summed E-state index contributed by atoms with van der Waals surface area (Å²) in [6.45, 7) is 1.71. The number of aromatic amines is 1. The van der Waals surface area contributed by atoms with Crippen molar-refractivity contribution in [1.82, 2.24) is 9.78 Å². The van der Waals surface area contributed by atoms with Crippen LogP contribution in [0, 0.1) is 6.92 Å². The van der Waals surface area contributed by atoms with Crippen molar-refractivity contribution in [3.8, 4) is 0 Å². The number of hydrogen-bond donors (Lipinski definition) is 1. The van der Waals surface area contributed by atoms with E-state index in [9.17, 15) is 9.59 Å². The van der Waals surface area contributed by atoms with E-state index in [0.717, 1.165) is 4.68 Å². The van der Waals surface area contributed by atoms with Crippen molar-refractivity contribution in [3.63, 3.8) is 0 Å². The van der Waals surface area contributed by atoms with Crippen LogP contribution < -0.4 is 5.56 Å². The first kappa shape index (κ1) is 5.81. The monoisotopic (exact) mass is 126 g/mol. The lowest BCUT2D eigenvalue weighted by Crippen LogP contribution is -2.14. The topological polar surface area (TPSA) is 54.9 Å². The number of H-pyrrole nitrogens is 1. The van der Waals surface area contributed by atoms with E-state index in [4.69, 9.17) is 0 Å². The van der Waals surface area contributed by atoms with Gasteiger partial charge in [0, 0.05) is 11.8 Å². The molecule has 0 spiro atoms. The molecule has 1 aromatic rings. The molecule has 0 atom stereocenters. The molecule has 0 unspecified atom stereocenters. The van der Waals surface area contributed by atoms with Gasteiger partial charge in [-0.3, -0.25) is 14.7 Å². The lowest BCUT2D eigenvalue weighted by molar-refractivity contribution is 0.538. The van der Waals surface area contributed by atoms with E-state index >= 15 is 0 Å². The van der Waals surface area contributed by atoms with Gasteiger partial charge in [-0.1, -0.05) is 0 Å². The fourth-order valence-electron chi connectivity index (χ4n) is 0.610. The molecule has 1 aromatic heterocycles. The predicted molar refractivity (Wildman–Crippen MR) is 31.9 cm³/mol. The van der Waals surface area contributed by atoms with E-state index in [1.165, 1.54) is 6.07 Å². The Morgan fingerprint density at radius 3 is 2.67 bits per heavy atom. The van der Waals surface area contributed by atoms with Gasteiger partial charge in [0.05, 0.1) is 0 Å². The quantitative estimate of drug-likeness (QED) is 0.517. The van der Waals surface area contributed by atoms with Gasteiger partial charge in [-0.15, -0.1) is 0 Å². The lowest BCUT2D eigenvalue weighted by Gasteiger charge is -1.81. The molecule has 0 saturated carbocycles. The van der Waals surface area contributed by atoms with Crippen molar-refractivity contribution in [1.29, 1.82) is 0 Å². The number of nitrogens with zero attached hydrogens (tertiary/aromatic N) is 1. The second kappa shape index (κ2) is 1.89. The van der Waals surface area contributed by atoms with Crippen molar-refractivity contribution < 1.29 is 4.79 Å². The molecule has 1 N–H and O–H groups in total. The maximum Gasteiger partial charge on any atom is 0.273 e. The molecule has 0 aromatic carbocycles. The minimum absolute atomic E-state index is 0.317. The maximum atomic E-state index is 10.6. The van der Waals surface area contributed by atoms with Gasteiger partial charge in [0.15, 0.2) is 0 Å². The Labute approximate surface area is 51.1 Å². The molecule has 0 bridgehead atoms. The normalized spacial score (nSPS) is 9.44. The van der Waals surface area contributed by atoms with Gasteiger partial charge in [-0.2, -0.15) is 4.68 Å². The first-order chi connectivity index (χ1) is 4.24. The van der Waals surface area contributed by atoms with Gasteiger partial charge >= 0.3 is 0 Å². The van der Waals surface area contributed by atoms with Crippen LogP contribution in [0.25, 0.3) is 0 Å². The lowest BCUT2D eigenvalue weighted by atomic mass is 10.5. The van der Waals surface area contributed by atoms with Gasteiger partial charge in [-0.25, -0.2) is 0 Å². The Kier molecular flexibility index (Phi) is 1.22. The number of rotatable bonds is 1. The summed E-state index contributed by atoms with van der Waals surface area (Å²) in [6, 6.07) is 1.36. The average molecular weight is 126 g/mol. The SMILES string of the molecule is Cc1cc(=O)n(C=O)[nH]1. The molecule has 4 heteroatoms. The molecular weight excluding hydrogens is 120 g/mol. The first-order valence-electron chi connectivity index (χ1n) is 2.47. The molecule has 0 aliphatic heterocycles. The molecule has 0 amide bonds. The molecule has 0 aliphatic rings. The fraction of sp³-hybridized carbons (Fsp3) is 0.200. The first-order valence-corrected chi connectivity index (χ1v) is 2.47. The summed E-state index contributed by atoms with van der Waals surface area (Å²) in [5.74, 6) is 0. The highest BCUT2D eigenvalue weighted by molar-refractivity contribution is 5.49. The Bertz CT molecular complexity index is 271. The Morgan fingerprint density at radius 1 is 1.78 bits per heavy atom. The molecular formula is C5H6N2O2. The van der Waals surface area contributed by atoms with Crippen molar-refractivity contribution in [2.45, 2.75) is 6.92 Å². The van der Waals surface area contributed by atoms with E-state index in [0.29, 0.717) is 12.1 Å². The number of aryl methyl sites for hydroxylation is 1. The predicted octanol–water partition coefficient (Wildman–Crippen LogP) is -0.477. The van der Waals surface area contributed by atoms with E-state index < -0.39 is 0 Å². The maximum absolute atomic E-state index is 10.6. The van der Waals surface area contributed by atoms with Crippen LogP contribution in [-0.4, -0.2) is 16.2 Å². The smallest absolute Gasteiger partial charge is 0.273 e. The number of aromatic nitrogens is 2. The van der Waals surface area contributed by atoms with Crippen LogP contribution in [0.2, 0.25) is 0 Å². The summed E-state index contributed by atoms with van der Waals surface area (Å²) < 4.78 is 0.884. The molecule has 48 valence electrons. The van der Waals surface area contributed by atoms with Crippen molar-refractivity contribution >= 4 is 6.41 Å². The van der Waals surface area contributed by atoms with Crippen molar-refractivity contribution in [3.05, 3.63) is 22.1 Å². The van der Waals surface area contributed by atoms with E-state index in [-0.39, 0.29) is 5.56 Å². The van der Waals surface area contributed by atoms with E-state index in [2.05, 4.69) is 5.10 Å². The molecule has 0 fully saturated rings. The molecule has 1 heterocycles. The van der Waals surface area contributed by atoms with Crippen LogP contribution in [0.15, 0.2) is 10.9 Å². The van der Waals surface area contributed by atoms with Gasteiger partial charge in [0.25, 0.3) is 5.56 Å². The molecule has 0 radical (unpaired) electrons. The van der Waals surface area contributed by atoms with E-state index in [1.807, 2.05) is 0 Å². The number of carbonyl (C=O) groups is 1. The zero-order chi connectivity index (χ0) is 6.85. The molecule has 4 nitrogen and oxygen atoms in total. The highest BCUT2D eigenvalue weighted by Crippen LogP contribution is 1.80. The van der Waals surface area contributed by atoms with Crippen LogP contribution >= 0.6 is 0 Å². The summed E-state index contributed by atoms with van der Waals surface area (Å²) in [4.78, 5) is 20.5. The Hall–Kier alpha value is -1.32. The molecule has 9 heavy (non-hydrogen) atoms. The Balaban J connectivity index is 3.32. The second-order valence-corrected chi connectivity index (χ2v) is 1.75. The van der Waals surface area contributed by atoms with Crippen LogP contribution in [-0.2, 0) is 4.79 Å². The van der Waals surface area contributed by atoms with Gasteiger partial charge in [0.2, 0.25) is 6.41 Å². The third-order valence-electron chi connectivity index (χ3n) is 0.980. The summed E-state index contributed by atoms with van der Waals surface area (Å²) in [7, 11) is 0. The number of hydrogen-bond acceptors (Lipinski definition) is 2. The molecule has 1 rings (SSSR count). The molecule has 0 saturated heterocycles. The third kappa shape index (κ3) is 0.910. The summed E-state index contributed by atoms with van der Waals surface area (Å²) in [5, 5.41) is 2.53. The van der Waals surface area contributed by atoms with Crippen molar-refractivity contribution in [2.24, 2.45) is 0 Å². The van der Waals surface area contributed by atoms with Crippen molar-refractivity contribution in [2.75, 3.05) is 0 Å². The van der Waals surface area contributed by atoms with Crippen LogP contribution in [0.5, 0.6) is 0 Å². The number of nitrogens with one attached hydrogen (secondary N) is 1. The summed E-state index contributed by atoms with van der Waals surface area (Å²) >= 11 is 0. The summed E-state index contributed by atoms with van der Waals surface area (Å²) in [6.07, 6.45) is 0.440. The average Bonchev–Trinajstić information content (AvgIpc) is 2.10. The largest absolute Gasteiger partial charge is 0.293 e. The minimum atomic E-state index is -0.317. The van der Waals surface area contributed by atoms with Crippen LogP contribution in [0.3, 0.4) is 0 Å². The van der Waals surface area contributed by atoms with Crippen LogP contribution in [0.4, 0.5) is 0 Å². The fourth-order valence-corrected chi connectivity index (χ4v) is 0.610. The van der Waals surface area contributed by atoms with Gasteiger partial charge in [0.1, 0.15) is 0 Å². The Morgan fingerprint density at radius 2 is 2.44 bits per heavy atom. The molecule has 0 aliphatic carbocycles. The minimum Gasteiger partial charge on any atom is -0.293 e. The highest BCUT2D eigenvalue weighted by atomic mass is 16.2. The zero-order valence-corrected chi connectivity index (χ0v) is 4.92. The van der Waals surface area contributed by atoms with Gasteiger partial charge in [-0.05, 0) is 6.92 Å². The van der Waals surface area contributed by atoms with E-state index in [1.54, 1.807) is 6.92 Å². The van der Waals surface area contributed by atoms with Crippen LogP contribution in [0.1, 0.15) is 5.69 Å². The summed E-state index contributed by atoms with van der Waals surface area (Å²) in [5.41, 5.74) is 0.370. The van der Waals surface area contributed by atoms with Gasteiger partial charge < -0.3 is 0 Å². The highest BCUT2D eigenvalue weighted by Gasteiger charge is 1.93. The number of carbonyl (C=O) groups excluding carboxylic acids is 1. The second-order valence-electron chi connectivity index (χ2n) is 1.75. The zero-order valence-electron chi connectivity index (χ0n) is 4.92.